The summed E-state index contributed by atoms with van der Waals surface area (Å²) in [5, 5.41) is 3.73. The minimum atomic E-state index is 0.810. The Morgan fingerprint density at radius 2 is 1.94 bits per heavy atom. The Balaban J connectivity index is 1.59. The molecular formula is C14H28N2. The third kappa shape index (κ3) is 3.74. The molecule has 2 rings (SSSR count). The van der Waals surface area contributed by atoms with Gasteiger partial charge in [0.15, 0.2) is 0 Å². The zero-order chi connectivity index (χ0) is 11.2. The van der Waals surface area contributed by atoms with Crippen LogP contribution < -0.4 is 5.32 Å². The summed E-state index contributed by atoms with van der Waals surface area (Å²) in [6, 6.07) is 0.810. The topological polar surface area (TPSA) is 15.3 Å². The number of hydrogen-bond acceptors (Lipinski definition) is 2. The summed E-state index contributed by atoms with van der Waals surface area (Å²) in [4.78, 5) is 2.66. The van der Waals surface area contributed by atoms with Crippen molar-refractivity contribution in [3.8, 4) is 0 Å². The maximum atomic E-state index is 3.73. The van der Waals surface area contributed by atoms with E-state index in [4.69, 9.17) is 0 Å². The molecule has 0 aliphatic carbocycles. The average molecular weight is 224 g/mol. The Morgan fingerprint density at radius 1 is 1.12 bits per heavy atom. The Labute approximate surface area is 101 Å². The quantitative estimate of drug-likeness (QED) is 0.790. The smallest absolute Gasteiger partial charge is 0.00794 e. The number of nitrogens with zero attached hydrogens (tertiary/aromatic N) is 1. The molecule has 0 radical (unpaired) electrons. The third-order valence-corrected chi connectivity index (χ3v) is 4.44. The monoisotopic (exact) mass is 224 g/mol. The van der Waals surface area contributed by atoms with Gasteiger partial charge in [0.1, 0.15) is 0 Å². The van der Waals surface area contributed by atoms with E-state index in [-0.39, 0.29) is 0 Å². The van der Waals surface area contributed by atoms with Gasteiger partial charge in [0.25, 0.3) is 0 Å². The average Bonchev–Trinajstić information content (AvgIpc) is 2.38. The third-order valence-electron chi connectivity index (χ3n) is 4.44. The van der Waals surface area contributed by atoms with Crippen LogP contribution in [0.5, 0.6) is 0 Å². The van der Waals surface area contributed by atoms with Gasteiger partial charge in [-0.05, 0) is 64.2 Å². The van der Waals surface area contributed by atoms with Gasteiger partial charge in [-0.3, -0.25) is 0 Å². The number of nitrogens with one attached hydrogen (secondary N) is 1. The van der Waals surface area contributed by atoms with Crippen LogP contribution in [0.4, 0.5) is 0 Å². The van der Waals surface area contributed by atoms with E-state index in [0.717, 1.165) is 12.0 Å². The van der Waals surface area contributed by atoms with Crippen molar-refractivity contribution >= 4 is 0 Å². The molecule has 0 unspecified atom stereocenters. The predicted molar refractivity (Wildman–Crippen MR) is 69.7 cm³/mol. The lowest BCUT2D eigenvalue weighted by atomic mass is 9.91. The summed E-state index contributed by atoms with van der Waals surface area (Å²) in [5.41, 5.74) is 0. The van der Waals surface area contributed by atoms with E-state index in [2.05, 4.69) is 17.1 Å². The van der Waals surface area contributed by atoms with E-state index in [1.165, 1.54) is 71.1 Å². The maximum Gasteiger partial charge on any atom is 0.00794 e. The van der Waals surface area contributed by atoms with Crippen molar-refractivity contribution in [2.45, 2.75) is 57.9 Å². The van der Waals surface area contributed by atoms with Crippen molar-refractivity contribution in [3.63, 3.8) is 0 Å². The number of piperidine rings is 2. The summed E-state index contributed by atoms with van der Waals surface area (Å²) in [6.07, 6.45) is 9.89. The van der Waals surface area contributed by atoms with Gasteiger partial charge >= 0.3 is 0 Å². The molecule has 0 aromatic rings. The molecule has 2 saturated heterocycles. The van der Waals surface area contributed by atoms with Gasteiger partial charge in [-0.1, -0.05) is 19.8 Å². The lowest BCUT2D eigenvalue weighted by Gasteiger charge is -2.32. The SMILES string of the molecule is CC[C@H]1CC[C@H](CCN2CCCCC2)NC1. The van der Waals surface area contributed by atoms with Crippen LogP contribution in [0.1, 0.15) is 51.9 Å². The fraction of sp³-hybridized carbons (Fsp3) is 1.00. The highest BCUT2D eigenvalue weighted by Crippen LogP contribution is 2.19. The lowest BCUT2D eigenvalue weighted by Crippen LogP contribution is -2.41. The van der Waals surface area contributed by atoms with Gasteiger partial charge in [-0.25, -0.2) is 0 Å². The maximum absolute atomic E-state index is 3.73. The molecule has 2 nitrogen and oxygen atoms in total. The Hall–Kier alpha value is -0.0800. The van der Waals surface area contributed by atoms with Gasteiger partial charge in [0.2, 0.25) is 0 Å². The molecule has 0 spiro atoms. The predicted octanol–water partition coefficient (Wildman–Crippen LogP) is 2.64. The standard InChI is InChI=1S/C14H28N2/c1-2-13-6-7-14(15-12-13)8-11-16-9-4-3-5-10-16/h13-15H,2-12H2,1H3/t13-,14+/m0/s1. The summed E-state index contributed by atoms with van der Waals surface area (Å²) in [5.74, 6) is 0.950. The first-order valence-electron chi connectivity index (χ1n) is 7.34. The molecule has 0 aromatic heterocycles. The van der Waals surface area contributed by atoms with Crippen LogP contribution in [0.15, 0.2) is 0 Å². The summed E-state index contributed by atoms with van der Waals surface area (Å²) < 4.78 is 0. The highest BCUT2D eigenvalue weighted by atomic mass is 15.1. The fourth-order valence-electron chi connectivity index (χ4n) is 3.09. The Bertz CT molecular complexity index is 179. The molecule has 0 aromatic carbocycles. The minimum Gasteiger partial charge on any atom is -0.314 e. The molecule has 2 aliphatic rings. The van der Waals surface area contributed by atoms with E-state index in [1.807, 2.05) is 0 Å². The van der Waals surface area contributed by atoms with E-state index < -0.39 is 0 Å². The van der Waals surface area contributed by atoms with Crippen molar-refractivity contribution in [1.29, 1.82) is 0 Å². The first-order chi connectivity index (χ1) is 7.88. The van der Waals surface area contributed by atoms with E-state index >= 15 is 0 Å². The van der Waals surface area contributed by atoms with Crippen molar-refractivity contribution in [3.05, 3.63) is 0 Å². The summed E-state index contributed by atoms with van der Waals surface area (Å²) in [6.45, 7) is 7.62. The molecule has 2 heteroatoms. The molecule has 0 amide bonds. The highest BCUT2D eigenvalue weighted by Gasteiger charge is 2.20. The second-order valence-electron chi connectivity index (χ2n) is 5.65. The van der Waals surface area contributed by atoms with Crippen molar-refractivity contribution < 1.29 is 0 Å². The van der Waals surface area contributed by atoms with Crippen LogP contribution in [0, 0.1) is 5.92 Å². The molecule has 0 bridgehead atoms. The van der Waals surface area contributed by atoms with Crippen LogP contribution in [-0.2, 0) is 0 Å². The van der Waals surface area contributed by atoms with Crippen LogP contribution in [0.25, 0.3) is 0 Å². The van der Waals surface area contributed by atoms with Gasteiger partial charge in [0.05, 0.1) is 0 Å². The Kier molecular flexibility index (Phi) is 5.11. The second-order valence-corrected chi connectivity index (χ2v) is 5.65. The highest BCUT2D eigenvalue weighted by molar-refractivity contribution is 4.78. The van der Waals surface area contributed by atoms with Crippen LogP contribution in [0.2, 0.25) is 0 Å². The molecule has 2 fully saturated rings. The molecule has 16 heavy (non-hydrogen) atoms. The van der Waals surface area contributed by atoms with Crippen molar-refractivity contribution in [2.24, 2.45) is 5.92 Å². The normalized spacial score (nSPS) is 32.8. The molecule has 94 valence electrons. The molecule has 2 atom stereocenters. The lowest BCUT2D eigenvalue weighted by molar-refractivity contribution is 0.203. The molecule has 2 heterocycles. The molecule has 2 aliphatic heterocycles. The van der Waals surface area contributed by atoms with Crippen molar-refractivity contribution in [1.82, 2.24) is 10.2 Å². The van der Waals surface area contributed by atoms with E-state index in [0.29, 0.717) is 0 Å². The number of rotatable bonds is 4. The molecule has 0 saturated carbocycles. The zero-order valence-corrected chi connectivity index (χ0v) is 10.9. The second kappa shape index (κ2) is 6.61. The summed E-state index contributed by atoms with van der Waals surface area (Å²) in [7, 11) is 0. The number of hydrogen-bond donors (Lipinski definition) is 1. The van der Waals surface area contributed by atoms with Crippen LogP contribution in [-0.4, -0.2) is 37.1 Å². The van der Waals surface area contributed by atoms with Gasteiger partial charge < -0.3 is 10.2 Å². The first-order valence-corrected chi connectivity index (χ1v) is 7.34. The van der Waals surface area contributed by atoms with Crippen molar-refractivity contribution in [2.75, 3.05) is 26.2 Å². The van der Waals surface area contributed by atoms with E-state index in [9.17, 15) is 0 Å². The first kappa shape index (κ1) is 12.4. The molecule has 1 N–H and O–H groups in total. The van der Waals surface area contributed by atoms with Crippen LogP contribution in [0.3, 0.4) is 0 Å². The van der Waals surface area contributed by atoms with Crippen LogP contribution >= 0.6 is 0 Å². The molecular weight excluding hydrogens is 196 g/mol. The Morgan fingerprint density at radius 3 is 2.56 bits per heavy atom. The largest absolute Gasteiger partial charge is 0.314 e. The van der Waals surface area contributed by atoms with Gasteiger partial charge in [0, 0.05) is 6.04 Å². The minimum absolute atomic E-state index is 0.810. The zero-order valence-electron chi connectivity index (χ0n) is 10.9. The van der Waals surface area contributed by atoms with Gasteiger partial charge in [-0.2, -0.15) is 0 Å². The summed E-state index contributed by atoms with van der Waals surface area (Å²) >= 11 is 0. The van der Waals surface area contributed by atoms with Gasteiger partial charge in [-0.15, -0.1) is 0 Å². The fourth-order valence-corrected chi connectivity index (χ4v) is 3.09. The number of likely N-dealkylation sites (tertiary alicyclic amines) is 1. The van der Waals surface area contributed by atoms with E-state index in [1.54, 1.807) is 0 Å².